The Hall–Kier alpha value is -1.95. The monoisotopic (exact) mass is 435 g/mol. The maximum absolute atomic E-state index is 12.7. The quantitative estimate of drug-likeness (QED) is 0.491. The third-order valence-electron chi connectivity index (χ3n) is 4.28. The van der Waals surface area contributed by atoms with Gasteiger partial charge in [-0.25, -0.2) is 0 Å². The average molecular weight is 436 g/mol. The van der Waals surface area contributed by atoms with Crippen molar-refractivity contribution in [3.05, 3.63) is 68.5 Å². The molecule has 1 aliphatic heterocycles. The molecule has 0 aliphatic carbocycles. The lowest BCUT2D eigenvalue weighted by molar-refractivity contribution is -0.123. The zero-order chi connectivity index (χ0) is 20.3. The first kappa shape index (κ1) is 20.8. The lowest BCUT2D eigenvalue weighted by Crippen LogP contribution is -2.27. The third-order valence-corrected chi connectivity index (χ3v) is 5.74. The highest BCUT2D eigenvalue weighted by Crippen LogP contribution is 2.35. The summed E-state index contributed by atoms with van der Waals surface area (Å²) < 4.78 is 5.75. The smallest absolute Gasteiger partial charge is 0.293 e. The van der Waals surface area contributed by atoms with Crippen LogP contribution in [0.2, 0.25) is 10.0 Å². The summed E-state index contributed by atoms with van der Waals surface area (Å²) in [6.45, 7) is 4.22. The van der Waals surface area contributed by atoms with Crippen molar-refractivity contribution in [2.45, 2.75) is 32.9 Å². The molecule has 7 heteroatoms. The largest absolute Gasteiger partial charge is 0.489 e. The van der Waals surface area contributed by atoms with Gasteiger partial charge in [0.2, 0.25) is 0 Å². The molecule has 0 N–H and O–H groups in total. The summed E-state index contributed by atoms with van der Waals surface area (Å²) in [5, 5.41) is 0.777. The van der Waals surface area contributed by atoms with E-state index in [1.54, 1.807) is 42.5 Å². The standard InChI is InChI=1S/C21H19Cl2NO3S/c1-3-13(2)27-18-9-6-15(10-17(18)23)11-19-20(25)24(21(26)28-19)12-14-4-7-16(22)8-5-14/h4-11,13H,3,12H2,1-2H3/b19-11-/t13-/m0/s1. The first-order valence-electron chi connectivity index (χ1n) is 8.83. The van der Waals surface area contributed by atoms with Crippen molar-refractivity contribution in [2.75, 3.05) is 0 Å². The average Bonchev–Trinajstić information content (AvgIpc) is 2.93. The third kappa shape index (κ3) is 4.90. The number of imide groups is 1. The molecule has 1 heterocycles. The Bertz CT molecular complexity index is 928. The minimum atomic E-state index is -0.319. The fourth-order valence-electron chi connectivity index (χ4n) is 2.56. The summed E-state index contributed by atoms with van der Waals surface area (Å²) in [5.74, 6) is 0.282. The molecule has 1 aliphatic rings. The number of hydrogen-bond acceptors (Lipinski definition) is 4. The minimum Gasteiger partial charge on any atom is -0.489 e. The molecular weight excluding hydrogens is 417 g/mol. The number of nitrogens with zero attached hydrogens (tertiary/aromatic N) is 1. The molecule has 0 radical (unpaired) electrons. The lowest BCUT2D eigenvalue weighted by Gasteiger charge is -2.14. The topological polar surface area (TPSA) is 46.6 Å². The van der Waals surface area contributed by atoms with Gasteiger partial charge in [0.15, 0.2) is 0 Å². The van der Waals surface area contributed by atoms with E-state index < -0.39 is 0 Å². The van der Waals surface area contributed by atoms with Gasteiger partial charge >= 0.3 is 0 Å². The van der Waals surface area contributed by atoms with Crippen LogP contribution in [0.5, 0.6) is 5.75 Å². The second-order valence-corrected chi connectivity index (χ2v) is 8.26. The number of carbonyl (C=O) groups excluding carboxylic acids is 2. The van der Waals surface area contributed by atoms with Gasteiger partial charge in [-0.05, 0) is 66.6 Å². The van der Waals surface area contributed by atoms with Gasteiger partial charge in [-0.2, -0.15) is 0 Å². The second kappa shape index (κ2) is 9.03. The van der Waals surface area contributed by atoms with Crippen LogP contribution >= 0.6 is 35.0 Å². The first-order valence-corrected chi connectivity index (χ1v) is 10.4. The van der Waals surface area contributed by atoms with Crippen molar-refractivity contribution in [2.24, 2.45) is 0 Å². The molecule has 4 nitrogen and oxygen atoms in total. The van der Waals surface area contributed by atoms with E-state index in [9.17, 15) is 9.59 Å². The Morgan fingerprint density at radius 2 is 1.86 bits per heavy atom. The Kier molecular flexibility index (Phi) is 6.70. The highest BCUT2D eigenvalue weighted by molar-refractivity contribution is 8.18. The Labute approximate surface area is 178 Å². The number of benzene rings is 2. The highest BCUT2D eigenvalue weighted by atomic mass is 35.5. The minimum absolute atomic E-state index is 0.0627. The maximum atomic E-state index is 12.7. The summed E-state index contributed by atoms with van der Waals surface area (Å²) in [7, 11) is 0. The molecule has 2 aromatic rings. The Morgan fingerprint density at radius 3 is 2.50 bits per heavy atom. The molecule has 146 valence electrons. The molecule has 0 saturated carbocycles. The van der Waals surface area contributed by atoms with Gasteiger partial charge in [-0.3, -0.25) is 14.5 Å². The molecule has 1 saturated heterocycles. The normalized spacial score (nSPS) is 16.7. The van der Waals surface area contributed by atoms with Gasteiger partial charge in [0.1, 0.15) is 5.75 Å². The molecule has 0 spiro atoms. The molecule has 0 bridgehead atoms. The van der Waals surface area contributed by atoms with Crippen molar-refractivity contribution >= 4 is 52.2 Å². The van der Waals surface area contributed by atoms with Crippen molar-refractivity contribution in [3.63, 3.8) is 0 Å². The number of thioether (sulfide) groups is 1. The Morgan fingerprint density at radius 1 is 1.14 bits per heavy atom. The summed E-state index contributed by atoms with van der Waals surface area (Å²) in [4.78, 5) is 26.5. The second-order valence-electron chi connectivity index (χ2n) is 6.42. The fraction of sp³-hybridized carbons (Fsp3) is 0.238. The molecular formula is C21H19Cl2NO3S. The Balaban J connectivity index is 1.76. The van der Waals surface area contributed by atoms with Gasteiger partial charge in [0.05, 0.1) is 22.6 Å². The molecule has 0 aromatic heterocycles. The van der Waals surface area contributed by atoms with E-state index >= 15 is 0 Å². The van der Waals surface area contributed by atoms with Crippen molar-refractivity contribution < 1.29 is 14.3 Å². The maximum Gasteiger partial charge on any atom is 0.293 e. The zero-order valence-electron chi connectivity index (χ0n) is 15.4. The van der Waals surface area contributed by atoms with E-state index in [0.29, 0.717) is 20.7 Å². The predicted molar refractivity (Wildman–Crippen MR) is 115 cm³/mol. The zero-order valence-corrected chi connectivity index (χ0v) is 17.8. The van der Waals surface area contributed by atoms with Gasteiger partial charge in [0.25, 0.3) is 11.1 Å². The number of halogens is 2. The molecule has 2 aromatic carbocycles. The van der Waals surface area contributed by atoms with Crippen LogP contribution < -0.4 is 4.74 Å². The van der Waals surface area contributed by atoms with Gasteiger partial charge in [0, 0.05) is 5.02 Å². The van der Waals surface area contributed by atoms with Gasteiger partial charge in [-0.15, -0.1) is 0 Å². The van der Waals surface area contributed by atoms with E-state index in [4.69, 9.17) is 27.9 Å². The van der Waals surface area contributed by atoms with Crippen LogP contribution in [0.1, 0.15) is 31.4 Å². The van der Waals surface area contributed by atoms with Crippen LogP contribution in [-0.2, 0) is 11.3 Å². The molecule has 0 unspecified atom stereocenters. The fourth-order valence-corrected chi connectivity index (χ4v) is 3.76. The van der Waals surface area contributed by atoms with Crippen LogP contribution in [0.25, 0.3) is 6.08 Å². The SMILES string of the molecule is CC[C@H](C)Oc1ccc(/C=C2\SC(=O)N(Cc3ccc(Cl)cc3)C2=O)cc1Cl. The van der Waals surface area contributed by atoms with Gasteiger partial charge < -0.3 is 4.74 Å². The summed E-state index contributed by atoms with van der Waals surface area (Å²) in [5.41, 5.74) is 1.57. The number of ether oxygens (including phenoxy) is 1. The number of hydrogen-bond donors (Lipinski definition) is 0. The summed E-state index contributed by atoms with van der Waals surface area (Å²) in [6, 6.07) is 12.4. The summed E-state index contributed by atoms with van der Waals surface area (Å²) in [6.07, 6.45) is 2.61. The van der Waals surface area contributed by atoms with E-state index in [0.717, 1.165) is 29.3 Å². The summed E-state index contributed by atoms with van der Waals surface area (Å²) >= 11 is 13.1. The van der Waals surface area contributed by atoms with Crippen LogP contribution in [0.4, 0.5) is 4.79 Å². The van der Waals surface area contributed by atoms with Crippen LogP contribution in [0, 0.1) is 0 Å². The van der Waals surface area contributed by atoms with Crippen molar-refractivity contribution in [3.8, 4) is 5.75 Å². The van der Waals surface area contributed by atoms with Crippen LogP contribution in [0.3, 0.4) is 0 Å². The van der Waals surface area contributed by atoms with Gasteiger partial charge in [-0.1, -0.05) is 48.3 Å². The van der Waals surface area contributed by atoms with E-state index in [1.165, 1.54) is 4.90 Å². The molecule has 1 fully saturated rings. The number of carbonyl (C=O) groups is 2. The molecule has 3 rings (SSSR count). The van der Waals surface area contributed by atoms with Crippen LogP contribution in [-0.4, -0.2) is 22.2 Å². The lowest BCUT2D eigenvalue weighted by atomic mass is 10.2. The number of amides is 2. The number of rotatable bonds is 6. The van der Waals surface area contributed by atoms with Crippen molar-refractivity contribution in [1.82, 2.24) is 4.90 Å². The van der Waals surface area contributed by atoms with E-state index in [2.05, 4.69) is 0 Å². The highest BCUT2D eigenvalue weighted by Gasteiger charge is 2.35. The van der Waals surface area contributed by atoms with Crippen molar-refractivity contribution in [1.29, 1.82) is 0 Å². The predicted octanol–water partition coefficient (Wildman–Crippen LogP) is 6.41. The molecule has 1 atom stereocenters. The van der Waals surface area contributed by atoms with E-state index in [1.807, 2.05) is 19.9 Å². The van der Waals surface area contributed by atoms with Crippen LogP contribution in [0.15, 0.2) is 47.4 Å². The molecule has 2 amide bonds. The first-order chi connectivity index (χ1) is 13.4. The molecule has 28 heavy (non-hydrogen) atoms. The van der Waals surface area contributed by atoms with E-state index in [-0.39, 0.29) is 23.8 Å².